The van der Waals surface area contributed by atoms with Crippen LogP contribution in [0.15, 0.2) is 12.1 Å². The van der Waals surface area contributed by atoms with Crippen LogP contribution in [0, 0.1) is 19.8 Å². The topological polar surface area (TPSA) is 28.2 Å². The van der Waals surface area contributed by atoms with Gasteiger partial charge in [-0.3, -0.25) is 4.98 Å². The Bertz CT molecular complexity index is 395. The van der Waals surface area contributed by atoms with E-state index in [2.05, 4.69) is 48.2 Å². The molecule has 0 aliphatic carbocycles. The summed E-state index contributed by atoms with van der Waals surface area (Å²) in [5.41, 5.74) is 3.38. The van der Waals surface area contributed by atoms with Crippen LogP contribution < -0.4 is 5.32 Å². The van der Waals surface area contributed by atoms with Crippen molar-refractivity contribution in [3.8, 4) is 0 Å². The SMILES string of the molecule is Cc1ccc(NC(C)C2CCN(C)CC2)c(C)n1. The second-order valence-electron chi connectivity index (χ2n) is 5.66. The molecule has 100 valence electrons. The summed E-state index contributed by atoms with van der Waals surface area (Å²) >= 11 is 0. The molecule has 0 saturated carbocycles. The molecule has 0 bridgehead atoms. The number of likely N-dealkylation sites (tertiary alicyclic amines) is 1. The predicted molar refractivity (Wildman–Crippen MR) is 77.0 cm³/mol. The van der Waals surface area contributed by atoms with Crippen molar-refractivity contribution in [1.82, 2.24) is 9.88 Å². The molecule has 3 heteroatoms. The zero-order chi connectivity index (χ0) is 13.1. The van der Waals surface area contributed by atoms with Gasteiger partial charge in [0.25, 0.3) is 0 Å². The van der Waals surface area contributed by atoms with Crippen LogP contribution in [0.2, 0.25) is 0 Å². The Morgan fingerprint density at radius 1 is 1.28 bits per heavy atom. The highest BCUT2D eigenvalue weighted by atomic mass is 15.1. The smallest absolute Gasteiger partial charge is 0.0606 e. The molecule has 1 fully saturated rings. The highest BCUT2D eigenvalue weighted by Gasteiger charge is 2.22. The Hall–Kier alpha value is -1.09. The first-order valence-corrected chi connectivity index (χ1v) is 6.95. The predicted octanol–water partition coefficient (Wildman–Crippen LogP) is 2.84. The van der Waals surface area contributed by atoms with Gasteiger partial charge in [0.15, 0.2) is 0 Å². The summed E-state index contributed by atoms with van der Waals surface area (Å²) in [4.78, 5) is 6.93. The monoisotopic (exact) mass is 247 g/mol. The van der Waals surface area contributed by atoms with Crippen LogP contribution in [0.1, 0.15) is 31.2 Å². The highest BCUT2D eigenvalue weighted by Crippen LogP contribution is 2.23. The Balaban J connectivity index is 1.96. The van der Waals surface area contributed by atoms with E-state index in [1.165, 1.54) is 31.6 Å². The third kappa shape index (κ3) is 3.22. The van der Waals surface area contributed by atoms with Gasteiger partial charge in [-0.25, -0.2) is 0 Å². The molecular formula is C15H25N3. The number of aromatic nitrogens is 1. The van der Waals surface area contributed by atoms with E-state index < -0.39 is 0 Å². The zero-order valence-electron chi connectivity index (χ0n) is 12.0. The molecule has 1 aliphatic heterocycles. The highest BCUT2D eigenvalue weighted by molar-refractivity contribution is 5.48. The number of nitrogens with one attached hydrogen (secondary N) is 1. The minimum atomic E-state index is 0.530. The van der Waals surface area contributed by atoms with Crippen molar-refractivity contribution in [3.05, 3.63) is 23.5 Å². The van der Waals surface area contributed by atoms with E-state index in [1.54, 1.807) is 0 Å². The van der Waals surface area contributed by atoms with Gasteiger partial charge in [0.2, 0.25) is 0 Å². The van der Waals surface area contributed by atoms with E-state index in [9.17, 15) is 0 Å². The second kappa shape index (κ2) is 5.70. The summed E-state index contributed by atoms with van der Waals surface area (Å²) in [6.07, 6.45) is 2.59. The molecule has 1 N–H and O–H groups in total. The summed E-state index contributed by atoms with van der Waals surface area (Å²) in [5, 5.41) is 3.64. The zero-order valence-corrected chi connectivity index (χ0v) is 12.0. The lowest BCUT2D eigenvalue weighted by Crippen LogP contribution is -2.37. The number of aryl methyl sites for hydroxylation is 2. The quantitative estimate of drug-likeness (QED) is 0.890. The van der Waals surface area contributed by atoms with Crippen molar-refractivity contribution in [2.24, 2.45) is 5.92 Å². The summed E-state index contributed by atoms with van der Waals surface area (Å²) in [6.45, 7) is 8.87. The second-order valence-corrected chi connectivity index (χ2v) is 5.66. The molecule has 2 heterocycles. The molecule has 0 amide bonds. The van der Waals surface area contributed by atoms with Gasteiger partial charge < -0.3 is 10.2 Å². The van der Waals surface area contributed by atoms with Gasteiger partial charge in [0.1, 0.15) is 0 Å². The van der Waals surface area contributed by atoms with E-state index >= 15 is 0 Å². The summed E-state index contributed by atoms with van der Waals surface area (Å²) < 4.78 is 0. The summed E-state index contributed by atoms with van der Waals surface area (Å²) in [6, 6.07) is 4.77. The molecule has 0 aromatic carbocycles. The Labute approximate surface area is 111 Å². The number of piperidine rings is 1. The molecule has 1 aromatic heterocycles. The van der Waals surface area contributed by atoms with Crippen LogP contribution in [0.5, 0.6) is 0 Å². The third-order valence-electron chi connectivity index (χ3n) is 4.08. The maximum absolute atomic E-state index is 4.51. The van der Waals surface area contributed by atoms with Gasteiger partial charge >= 0.3 is 0 Å². The normalized spacial score (nSPS) is 19.8. The molecular weight excluding hydrogens is 222 g/mol. The van der Waals surface area contributed by atoms with Crippen LogP contribution in [0.25, 0.3) is 0 Å². The first kappa shape index (κ1) is 13.3. The first-order chi connectivity index (χ1) is 8.56. The fourth-order valence-corrected chi connectivity index (χ4v) is 2.73. The lowest BCUT2D eigenvalue weighted by atomic mass is 9.90. The molecule has 1 aliphatic rings. The van der Waals surface area contributed by atoms with Crippen molar-refractivity contribution < 1.29 is 0 Å². The number of anilines is 1. The minimum absolute atomic E-state index is 0.530. The number of hydrogen-bond donors (Lipinski definition) is 1. The van der Waals surface area contributed by atoms with Crippen LogP contribution >= 0.6 is 0 Å². The van der Waals surface area contributed by atoms with Gasteiger partial charge in [0, 0.05) is 11.7 Å². The van der Waals surface area contributed by atoms with Gasteiger partial charge in [-0.1, -0.05) is 0 Å². The summed E-state index contributed by atoms with van der Waals surface area (Å²) in [5.74, 6) is 0.780. The van der Waals surface area contributed by atoms with Gasteiger partial charge in [-0.05, 0) is 71.8 Å². The van der Waals surface area contributed by atoms with Crippen LogP contribution in [0.3, 0.4) is 0 Å². The standard InChI is InChI=1S/C15H25N3/c1-11-5-6-15(13(3)16-11)17-12(2)14-7-9-18(4)10-8-14/h5-6,12,14,17H,7-10H2,1-4H3. The molecule has 0 radical (unpaired) electrons. The van der Waals surface area contributed by atoms with E-state index in [0.717, 1.165) is 17.3 Å². The van der Waals surface area contributed by atoms with Crippen molar-refractivity contribution >= 4 is 5.69 Å². The maximum Gasteiger partial charge on any atom is 0.0606 e. The Kier molecular flexibility index (Phi) is 4.23. The Morgan fingerprint density at radius 2 is 1.94 bits per heavy atom. The number of rotatable bonds is 3. The van der Waals surface area contributed by atoms with Crippen LogP contribution in [0.4, 0.5) is 5.69 Å². The number of nitrogens with zero attached hydrogens (tertiary/aromatic N) is 2. The largest absolute Gasteiger partial charge is 0.381 e. The van der Waals surface area contributed by atoms with Gasteiger partial charge in [0.05, 0.1) is 11.4 Å². The van der Waals surface area contributed by atoms with Crippen LogP contribution in [-0.4, -0.2) is 36.1 Å². The van der Waals surface area contributed by atoms with Gasteiger partial charge in [-0.2, -0.15) is 0 Å². The molecule has 1 unspecified atom stereocenters. The average Bonchev–Trinajstić information content (AvgIpc) is 2.33. The number of hydrogen-bond acceptors (Lipinski definition) is 3. The fraction of sp³-hybridized carbons (Fsp3) is 0.667. The molecule has 0 spiro atoms. The molecule has 2 rings (SSSR count). The minimum Gasteiger partial charge on any atom is -0.381 e. The summed E-state index contributed by atoms with van der Waals surface area (Å²) in [7, 11) is 2.21. The lowest BCUT2D eigenvalue weighted by Gasteiger charge is -2.33. The maximum atomic E-state index is 4.51. The number of pyridine rings is 1. The molecule has 1 aromatic rings. The average molecular weight is 247 g/mol. The third-order valence-corrected chi connectivity index (χ3v) is 4.08. The molecule has 3 nitrogen and oxygen atoms in total. The van der Waals surface area contributed by atoms with Crippen molar-refractivity contribution in [1.29, 1.82) is 0 Å². The van der Waals surface area contributed by atoms with E-state index in [1.807, 2.05) is 6.92 Å². The van der Waals surface area contributed by atoms with Crippen LogP contribution in [-0.2, 0) is 0 Å². The molecule has 18 heavy (non-hydrogen) atoms. The first-order valence-electron chi connectivity index (χ1n) is 6.95. The van der Waals surface area contributed by atoms with E-state index in [0.29, 0.717) is 6.04 Å². The lowest BCUT2D eigenvalue weighted by molar-refractivity contribution is 0.208. The molecule has 1 atom stereocenters. The van der Waals surface area contributed by atoms with Gasteiger partial charge in [-0.15, -0.1) is 0 Å². The molecule has 1 saturated heterocycles. The van der Waals surface area contributed by atoms with Crippen molar-refractivity contribution in [3.63, 3.8) is 0 Å². The van der Waals surface area contributed by atoms with Crippen molar-refractivity contribution in [2.45, 2.75) is 39.7 Å². The Morgan fingerprint density at radius 3 is 2.56 bits per heavy atom. The van der Waals surface area contributed by atoms with E-state index in [4.69, 9.17) is 0 Å². The van der Waals surface area contributed by atoms with E-state index in [-0.39, 0.29) is 0 Å². The fourth-order valence-electron chi connectivity index (χ4n) is 2.73. The van der Waals surface area contributed by atoms with Crippen molar-refractivity contribution in [2.75, 3.05) is 25.5 Å².